The number of rotatable bonds is 17. The lowest BCUT2D eigenvalue weighted by Gasteiger charge is -2.35. The van der Waals surface area contributed by atoms with Crippen molar-refractivity contribution < 1.29 is 21.7 Å². The van der Waals surface area contributed by atoms with Crippen LogP contribution in [0.3, 0.4) is 0 Å². The van der Waals surface area contributed by atoms with E-state index in [2.05, 4.69) is 32.0 Å². The maximum Gasteiger partial charge on any atom is 0.275 e. The van der Waals surface area contributed by atoms with Crippen LogP contribution in [0.2, 0.25) is 0 Å². The second-order valence-corrected chi connectivity index (χ2v) is 6.74. The molecule has 0 rings (SSSR count). The first-order valence-electron chi connectivity index (χ1n) is 9.58. The predicted octanol–water partition coefficient (Wildman–Crippen LogP) is 1.62. The minimum absolute atomic E-state index is 0. The molecule has 0 aromatic heterocycles. The highest BCUT2D eigenvalue weighted by atomic mass is 35.5. The van der Waals surface area contributed by atoms with E-state index in [1.165, 1.54) is 44.9 Å². The van der Waals surface area contributed by atoms with Crippen LogP contribution in [0.1, 0.15) is 58.3 Å². The van der Waals surface area contributed by atoms with E-state index >= 15 is 0 Å². The Morgan fingerprint density at radius 2 is 1.28 bits per heavy atom. The Bertz CT molecular complexity index is 342. The zero-order chi connectivity index (χ0) is 18.1. The highest BCUT2D eigenvalue weighted by molar-refractivity contribution is 5.77. The highest BCUT2D eigenvalue weighted by Crippen LogP contribution is 2.09. The Kier molecular flexibility index (Phi) is 18.6. The fourth-order valence-electron chi connectivity index (χ4n) is 3.09. The Hall–Kier alpha value is -1.06. The zero-order valence-electron chi connectivity index (χ0n) is 16.3. The normalized spacial score (nSPS) is 10.6. The van der Waals surface area contributed by atoms with Gasteiger partial charge in [-0.2, -0.15) is 0 Å². The van der Waals surface area contributed by atoms with E-state index in [4.69, 9.17) is 0 Å². The number of unbranched alkanes of at least 4 members (excludes halogenated alkanes) is 7. The molecule has 1 amide bonds. The molecule has 146 valence electrons. The average molecular weight is 371 g/mol. The molecule has 0 heterocycles. The molecule has 0 atom stereocenters. The summed E-state index contributed by atoms with van der Waals surface area (Å²) in [4.78, 5) is 12.3. The highest BCUT2D eigenvalue weighted by Gasteiger charge is 2.26. The monoisotopic (exact) mass is 370 g/mol. The van der Waals surface area contributed by atoms with E-state index in [1.807, 2.05) is 18.2 Å². The Labute approximate surface area is 162 Å². The number of carbonyl (C=O) groups excluding carboxylic acids is 1. The van der Waals surface area contributed by atoms with Crippen LogP contribution in [0, 0.1) is 0 Å². The molecular formula is C21H39ClN2O. The van der Waals surface area contributed by atoms with Crippen molar-refractivity contribution in [1.82, 2.24) is 5.32 Å². The molecule has 0 aliphatic heterocycles. The number of carbonyl (C=O) groups is 1. The number of hydrogen-bond donors (Lipinski definition) is 1. The van der Waals surface area contributed by atoms with Crippen molar-refractivity contribution in [3.05, 3.63) is 38.0 Å². The van der Waals surface area contributed by atoms with Crippen LogP contribution in [0.5, 0.6) is 0 Å². The van der Waals surface area contributed by atoms with Gasteiger partial charge in [0.25, 0.3) is 5.91 Å². The van der Waals surface area contributed by atoms with E-state index in [9.17, 15) is 4.79 Å². The first-order valence-corrected chi connectivity index (χ1v) is 9.58. The molecule has 0 saturated carbocycles. The summed E-state index contributed by atoms with van der Waals surface area (Å²) in [5, 5.41) is 3.07. The standard InChI is InChI=1S/C21H38N2O.ClH/c1-5-9-10-11-12-13-14-15-16-22-21(24)20-23(17-6-2,18-7-3)19-8-4;/h6-8H,2-5,9-20H2,1H3;1H. The Morgan fingerprint density at radius 3 is 1.72 bits per heavy atom. The maximum absolute atomic E-state index is 12.3. The van der Waals surface area contributed by atoms with Crippen LogP contribution < -0.4 is 17.7 Å². The lowest BCUT2D eigenvalue weighted by molar-refractivity contribution is -0.904. The smallest absolute Gasteiger partial charge is 0.275 e. The van der Waals surface area contributed by atoms with Crippen LogP contribution in [-0.2, 0) is 4.79 Å². The van der Waals surface area contributed by atoms with E-state index < -0.39 is 0 Å². The number of nitrogens with one attached hydrogen (secondary N) is 1. The first-order chi connectivity index (χ1) is 11.6. The fourth-order valence-corrected chi connectivity index (χ4v) is 3.09. The summed E-state index contributed by atoms with van der Waals surface area (Å²) in [5.41, 5.74) is 0. The second kappa shape index (κ2) is 17.8. The maximum atomic E-state index is 12.3. The third kappa shape index (κ3) is 13.9. The Morgan fingerprint density at radius 1 is 0.840 bits per heavy atom. The van der Waals surface area contributed by atoms with Crippen molar-refractivity contribution in [3.63, 3.8) is 0 Å². The number of nitrogens with zero attached hydrogens (tertiary/aromatic N) is 1. The third-order valence-corrected chi connectivity index (χ3v) is 4.38. The molecule has 0 aromatic rings. The molecule has 1 N–H and O–H groups in total. The molecular weight excluding hydrogens is 332 g/mol. The number of hydrogen-bond acceptors (Lipinski definition) is 1. The lowest BCUT2D eigenvalue weighted by atomic mass is 10.1. The topological polar surface area (TPSA) is 29.1 Å². The van der Waals surface area contributed by atoms with Crippen LogP contribution in [0.15, 0.2) is 38.0 Å². The van der Waals surface area contributed by atoms with Gasteiger partial charge in [-0.25, -0.2) is 0 Å². The molecule has 0 aliphatic carbocycles. The van der Waals surface area contributed by atoms with Gasteiger partial charge in [0.2, 0.25) is 0 Å². The summed E-state index contributed by atoms with van der Waals surface area (Å²) in [6.07, 6.45) is 15.9. The van der Waals surface area contributed by atoms with Gasteiger partial charge in [0.05, 0.1) is 19.6 Å². The van der Waals surface area contributed by atoms with Gasteiger partial charge in [0.1, 0.15) is 0 Å². The van der Waals surface area contributed by atoms with Gasteiger partial charge in [0.15, 0.2) is 6.54 Å². The second-order valence-electron chi connectivity index (χ2n) is 6.74. The van der Waals surface area contributed by atoms with Crippen LogP contribution in [0.4, 0.5) is 0 Å². The van der Waals surface area contributed by atoms with Gasteiger partial charge >= 0.3 is 0 Å². The van der Waals surface area contributed by atoms with Crippen molar-refractivity contribution >= 4 is 5.91 Å². The molecule has 4 heteroatoms. The molecule has 0 unspecified atom stereocenters. The third-order valence-electron chi connectivity index (χ3n) is 4.38. The lowest BCUT2D eigenvalue weighted by Crippen LogP contribution is -3.00. The summed E-state index contributed by atoms with van der Waals surface area (Å²) >= 11 is 0. The number of amides is 1. The molecule has 0 radical (unpaired) electrons. The van der Waals surface area contributed by atoms with Gasteiger partial charge < -0.3 is 22.2 Å². The van der Waals surface area contributed by atoms with Crippen LogP contribution in [0.25, 0.3) is 0 Å². The number of quaternary nitrogens is 1. The summed E-state index contributed by atoms with van der Waals surface area (Å²) in [5.74, 6) is 0.114. The van der Waals surface area contributed by atoms with Crippen molar-refractivity contribution in [2.45, 2.75) is 58.3 Å². The van der Waals surface area contributed by atoms with Gasteiger partial charge in [0, 0.05) is 6.54 Å². The van der Waals surface area contributed by atoms with E-state index in [1.54, 1.807) is 0 Å². The minimum atomic E-state index is 0. The molecule has 0 saturated heterocycles. The van der Waals surface area contributed by atoms with Gasteiger partial charge in [-0.15, -0.1) is 0 Å². The summed E-state index contributed by atoms with van der Waals surface area (Å²) in [6, 6.07) is 0. The fraction of sp³-hybridized carbons (Fsp3) is 0.667. The van der Waals surface area contributed by atoms with E-state index in [0.29, 0.717) is 11.0 Å². The van der Waals surface area contributed by atoms with E-state index in [-0.39, 0.29) is 18.3 Å². The molecule has 0 bridgehead atoms. The quantitative estimate of drug-likeness (QED) is 0.235. The first kappa shape index (κ1) is 26.2. The molecule has 0 fully saturated rings. The molecule has 0 aromatic carbocycles. The SMILES string of the molecule is C=CC[N+](CC=C)(CC=C)CC(=O)NCCCCCCCCCC.[Cl-]. The van der Waals surface area contributed by atoms with Crippen molar-refractivity contribution in [2.75, 3.05) is 32.7 Å². The zero-order valence-corrected chi connectivity index (χ0v) is 17.0. The summed E-state index contributed by atoms with van der Waals surface area (Å²) in [7, 11) is 0. The molecule has 3 nitrogen and oxygen atoms in total. The predicted molar refractivity (Wildman–Crippen MR) is 106 cm³/mol. The number of halogens is 1. The van der Waals surface area contributed by atoms with Gasteiger partial charge in [-0.3, -0.25) is 4.79 Å². The van der Waals surface area contributed by atoms with Crippen molar-refractivity contribution in [3.8, 4) is 0 Å². The van der Waals surface area contributed by atoms with Crippen molar-refractivity contribution in [2.24, 2.45) is 0 Å². The molecule has 0 spiro atoms. The van der Waals surface area contributed by atoms with Gasteiger partial charge in [-0.1, -0.05) is 71.6 Å². The summed E-state index contributed by atoms with van der Waals surface area (Å²) < 4.78 is 0.625. The van der Waals surface area contributed by atoms with Crippen LogP contribution >= 0.6 is 0 Å². The molecule has 25 heavy (non-hydrogen) atoms. The van der Waals surface area contributed by atoms with Crippen LogP contribution in [-0.4, -0.2) is 43.1 Å². The Balaban J connectivity index is 0. The minimum Gasteiger partial charge on any atom is -1.00 e. The largest absolute Gasteiger partial charge is 1.00 e. The van der Waals surface area contributed by atoms with E-state index in [0.717, 1.165) is 32.6 Å². The van der Waals surface area contributed by atoms with Crippen molar-refractivity contribution in [1.29, 1.82) is 0 Å². The molecule has 0 aliphatic rings. The van der Waals surface area contributed by atoms with Gasteiger partial charge in [-0.05, 0) is 24.6 Å². The average Bonchev–Trinajstić information content (AvgIpc) is 2.54. The summed E-state index contributed by atoms with van der Waals surface area (Å²) in [6.45, 7) is 17.2.